The fraction of sp³-hybridized carbons (Fsp3) is 0.636. The fourth-order valence-corrected chi connectivity index (χ4v) is 1.97. The van der Waals surface area contributed by atoms with Gasteiger partial charge in [-0.2, -0.15) is 0 Å². The minimum Gasteiger partial charge on any atom is -0.384 e. The van der Waals surface area contributed by atoms with Gasteiger partial charge in [0.05, 0.1) is 12.3 Å². The third-order valence-corrected chi connectivity index (χ3v) is 2.78. The summed E-state index contributed by atoms with van der Waals surface area (Å²) in [6.07, 6.45) is 4.75. The number of aryl methyl sites for hydroxylation is 1. The van der Waals surface area contributed by atoms with Crippen molar-refractivity contribution in [1.82, 2.24) is 9.97 Å². The van der Waals surface area contributed by atoms with Gasteiger partial charge in [0.25, 0.3) is 5.56 Å². The maximum absolute atomic E-state index is 11.7. The molecule has 1 N–H and O–H groups in total. The van der Waals surface area contributed by atoms with Crippen molar-refractivity contribution in [3.63, 3.8) is 0 Å². The molecule has 2 rings (SSSR count). The third kappa shape index (κ3) is 2.26. The smallest absolute Gasteiger partial charge is 0.254 e. The van der Waals surface area contributed by atoms with E-state index in [4.69, 9.17) is 4.74 Å². The lowest BCUT2D eigenvalue weighted by Crippen LogP contribution is -2.23. The number of rotatable bonds is 3. The van der Waals surface area contributed by atoms with Crippen molar-refractivity contribution in [2.45, 2.75) is 32.1 Å². The highest BCUT2D eigenvalue weighted by atomic mass is 16.5. The number of nitrogens with one attached hydrogen (secondary N) is 1. The molecule has 0 radical (unpaired) electrons. The Balaban J connectivity index is 2.28. The van der Waals surface area contributed by atoms with Crippen LogP contribution in [-0.4, -0.2) is 23.7 Å². The first-order valence-electron chi connectivity index (χ1n) is 5.41. The summed E-state index contributed by atoms with van der Waals surface area (Å²) in [7, 11) is 1.65. The van der Waals surface area contributed by atoms with Crippen LogP contribution in [0, 0.1) is 0 Å². The second kappa shape index (κ2) is 4.57. The molecule has 82 valence electrons. The van der Waals surface area contributed by atoms with Gasteiger partial charge in [0.2, 0.25) is 0 Å². The SMILES string of the molecule is COCCc1nc2c(c(=O)[nH]1)CCCC2. The normalized spacial score (nSPS) is 15.0. The highest BCUT2D eigenvalue weighted by Gasteiger charge is 2.14. The van der Waals surface area contributed by atoms with Crippen molar-refractivity contribution in [3.05, 3.63) is 27.4 Å². The van der Waals surface area contributed by atoms with Crippen molar-refractivity contribution in [2.24, 2.45) is 0 Å². The Hall–Kier alpha value is -1.16. The molecule has 0 aromatic carbocycles. The summed E-state index contributed by atoms with van der Waals surface area (Å²) in [5.41, 5.74) is 1.93. The Morgan fingerprint density at radius 1 is 1.40 bits per heavy atom. The maximum Gasteiger partial charge on any atom is 0.254 e. The number of H-pyrrole nitrogens is 1. The third-order valence-electron chi connectivity index (χ3n) is 2.78. The molecular formula is C11H16N2O2. The summed E-state index contributed by atoms with van der Waals surface area (Å²) in [5, 5.41) is 0. The number of hydrogen-bond donors (Lipinski definition) is 1. The van der Waals surface area contributed by atoms with E-state index in [-0.39, 0.29) is 5.56 Å². The Kier molecular flexibility index (Phi) is 3.16. The molecule has 4 heteroatoms. The molecule has 1 aromatic rings. The van der Waals surface area contributed by atoms with Gasteiger partial charge in [0.15, 0.2) is 0 Å². The lowest BCUT2D eigenvalue weighted by atomic mass is 9.97. The number of fused-ring (bicyclic) bond motifs is 1. The monoisotopic (exact) mass is 208 g/mol. The van der Waals surface area contributed by atoms with E-state index in [1.165, 1.54) is 0 Å². The van der Waals surface area contributed by atoms with E-state index in [2.05, 4.69) is 9.97 Å². The predicted molar refractivity (Wildman–Crippen MR) is 57.1 cm³/mol. The summed E-state index contributed by atoms with van der Waals surface area (Å²) in [6.45, 7) is 0.599. The van der Waals surface area contributed by atoms with Crippen LogP contribution < -0.4 is 5.56 Å². The van der Waals surface area contributed by atoms with Crippen LogP contribution in [0.5, 0.6) is 0 Å². The van der Waals surface area contributed by atoms with Gasteiger partial charge in [0, 0.05) is 19.1 Å². The lowest BCUT2D eigenvalue weighted by Gasteiger charge is -2.14. The van der Waals surface area contributed by atoms with Gasteiger partial charge < -0.3 is 9.72 Å². The summed E-state index contributed by atoms with van der Waals surface area (Å²) < 4.78 is 4.97. The van der Waals surface area contributed by atoms with Crippen LogP contribution in [-0.2, 0) is 24.0 Å². The minimum absolute atomic E-state index is 0.0470. The van der Waals surface area contributed by atoms with Gasteiger partial charge in [-0.3, -0.25) is 4.79 Å². The predicted octanol–water partition coefficient (Wildman–Crippen LogP) is 0.838. The van der Waals surface area contributed by atoms with Crippen molar-refractivity contribution >= 4 is 0 Å². The Morgan fingerprint density at radius 3 is 3.00 bits per heavy atom. The van der Waals surface area contributed by atoms with Gasteiger partial charge >= 0.3 is 0 Å². The van der Waals surface area contributed by atoms with Crippen LogP contribution in [0.15, 0.2) is 4.79 Å². The lowest BCUT2D eigenvalue weighted by molar-refractivity contribution is 0.200. The summed E-state index contributed by atoms with van der Waals surface area (Å²) >= 11 is 0. The Labute approximate surface area is 88.7 Å². The summed E-state index contributed by atoms with van der Waals surface area (Å²) in [5.74, 6) is 0.752. The first kappa shape index (κ1) is 10.4. The number of ether oxygens (including phenoxy) is 1. The Bertz CT molecular complexity index is 398. The van der Waals surface area contributed by atoms with Gasteiger partial charge in [-0.05, 0) is 25.7 Å². The standard InChI is InChI=1S/C11H16N2O2/c1-15-7-6-10-12-9-5-3-2-4-8(9)11(14)13-10/h2-7H2,1H3,(H,12,13,14). The Morgan fingerprint density at radius 2 is 2.20 bits per heavy atom. The van der Waals surface area contributed by atoms with Crippen molar-refractivity contribution in [2.75, 3.05) is 13.7 Å². The van der Waals surface area contributed by atoms with Crippen LogP contribution in [0.2, 0.25) is 0 Å². The molecule has 1 aliphatic carbocycles. The van der Waals surface area contributed by atoms with Crippen molar-refractivity contribution in [3.8, 4) is 0 Å². The van der Waals surface area contributed by atoms with E-state index in [1.807, 2.05) is 0 Å². The number of aromatic nitrogens is 2. The molecule has 0 amide bonds. The molecule has 0 unspecified atom stereocenters. The van der Waals surface area contributed by atoms with E-state index >= 15 is 0 Å². The highest BCUT2D eigenvalue weighted by molar-refractivity contribution is 5.20. The van der Waals surface area contributed by atoms with E-state index in [0.717, 1.165) is 42.8 Å². The summed E-state index contributed by atoms with van der Waals surface area (Å²) in [4.78, 5) is 19.0. The number of hydrogen-bond acceptors (Lipinski definition) is 3. The fourth-order valence-electron chi connectivity index (χ4n) is 1.97. The number of aromatic amines is 1. The molecule has 0 saturated heterocycles. The highest BCUT2D eigenvalue weighted by Crippen LogP contribution is 2.15. The maximum atomic E-state index is 11.7. The molecule has 1 aliphatic rings. The van der Waals surface area contributed by atoms with Crippen LogP contribution >= 0.6 is 0 Å². The zero-order valence-corrected chi connectivity index (χ0v) is 9.01. The average molecular weight is 208 g/mol. The topological polar surface area (TPSA) is 55.0 Å². The van der Waals surface area contributed by atoms with Crippen molar-refractivity contribution in [1.29, 1.82) is 0 Å². The molecule has 1 heterocycles. The molecule has 0 saturated carbocycles. The largest absolute Gasteiger partial charge is 0.384 e. The molecule has 0 aliphatic heterocycles. The number of nitrogens with zero attached hydrogens (tertiary/aromatic N) is 1. The second-order valence-corrected chi connectivity index (χ2v) is 3.89. The van der Waals surface area contributed by atoms with Crippen LogP contribution in [0.25, 0.3) is 0 Å². The minimum atomic E-state index is 0.0470. The van der Waals surface area contributed by atoms with Crippen molar-refractivity contribution < 1.29 is 4.74 Å². The molecule has 0 bridgehead atoms. The molecule has 1 aromatic heterocycles. The van der Waals surface area contributed by atoms with Crippen LogP contribution in [0.3, 0.4) is 0 Å². The van der Waals surface area contributed by atoms with E-state index in [9.17, 15) is 4.79 Å². The second-order valence-electron chi connectivity index (χ2n) is 3.89. The van der Waals surface area contributed by atoms with E-state index in [1.54, 1.807) is 7.11 Å². The zero-order valence-electron chi connectivity index (χ0n) is 9.01. The number of methoxy groups -OCH3 is 1. The molecule has 0 atom stereocenters. The van der Waals surface area contributed by atoms with Crippen LogP contribution in [0.4, 0.5) is 0 Å². The average Bonchev–Trinajstić information content (AvgIpc) is 2.26. The first-order valence-corrected chi connectivity index (χ1v) is 5.41. The summed E-state index contributed by atoms with van der Waals surface area (Å²) in [6, 6.07) is 0. The van der Waals surface area contributed by atoms with E-state index in [0.29, 0.717) is 13.0 Å². The molecule has 4 nitrogen and oxygen atoms in total. The van der Waals surface area contributed by atoms with E-state index < -0.39 is 0 Å². The van der Waals surface area contributed by atoms with Crippen LogP contribution in [0.1, 0.15) is 29.9 Å². The molecule has 0 spiro atoms. The quantitative estimate of drug-likeness (QED) is 0.800. The molecular weight excluding hydrogens is 192 g/mol. The van der Waals surface area contributed by atoms with Gasteiger partial charge in [-0.15, -0.1) is 0 Å². The zero-order chi connectivity index (χ0) is 10.7. The van der Waals surface area contributed by atoms with Gasteiger partial charge in [-0.25, -0.2) is 4.98 Å². The first-order chi connectivity index (χ1) is 7.31. The molecule has 0 fully saturated rings. The molecule has 15 heavy (non-hydrogen) atoms. The van der Waals surface area contributed by atoms with Gasteiger partial charge in [0.1, 0.15) is 5.82 Å². The van der Waals surface area contributed by atoms with Gasteiger partial charge in [-0.1, -0.05) is 0 Å².